The van der Waals surface area contributed by atoms with Gasteiger partial charge in [0.1, 0.15) is 5.82 Å². The van der Waals surface area contributed by atoms with Gasteiger partial charge >= 0.3 is 0 Å². The fraction of sp³-hybridized carbons (Fsp3) is 0.643. The zero-order valence-electron chi connectivity index (χ0n) is 13.0. The molecule has 1 aliphatic rings. The van der Waals surface area contributed by atoms with Gasteiger partial charge in [-0.2, -0.15) is 0 Å². The van der Waals surface area contributed by atoms with E-state index in [0.717, 1.165) is 43.1 Å². The molecular weight excluding hydrogens is 307 g/mol. The number of rotatable bonds is 7. The van der Waals surface area contributed by atoms with Gasteiger partial charge in [-0.3, -0.25) is 0 Å². The van der Waals surface area contributed by atoms with Crippen LogP contribution >= 0.6 is 7.15 Å². The number of hydrogen-bond acceptors (Lipinski definition) is 5. The number of piperidine rings is 1. The first-order valence-corrected chi connectivity index (χ1v) is 9.47. The lowest BCUT2D eigenvalue weighted by atomic mass is 9.98. The molecule has 0 aromatic heterocycles. The van der Waals surface area contributed by atoms with Gasteiger partial charge in [0.25, 0.3) is 0 Å². The Labute approximate surface area is 132 Å². The predicted molar refractivity (Wildman–Crippen MR) is 91.2 cm³/mol. The molecule has 0 amide bonds. The Balaban J connectivity index is 2.64. The van der Waals surface area contributed by atoms with Crippen molar-refractivity contribution in [2.45, 2.75) is 26.7 Å². The fourth-order valence-electron chi connectivity index (χ4n) is 2.40. The molecule has 1 N–H and O–H groups in total. The summed E-state index contributed by atoms with van der Waals surface area (Å²) in [6, 6.07) is 0. The average molecular weight is 332 g/mol. The van der Waals surface area contributed by atoms with E-state index in [1.165, 1.54) is 0 Å². The van der Waals surface area contributed by atoms with Crippen LogP contribution in [0.1, 0.15) is 26.7 Å². The number of hydrogen-bond donors (Lipinski definition) is 1. The molecule has 0 aliphatic carbocycles. The van der Waals surface area contributed by atoms with Crippen LogP contribution in [-0.2, 0) is 21.1 Å². The maximum absolute atomic E-state index is 9.08. The van der Waals surface area contributed by atoms with Crippen LogP contribution in [0.4, 0.5) is 0 Å². The molecule has 0 spiro atoms. The van der Waals surface area contributed by atoms with E-state index in [0.29, 0.717) is 12.5 Å². The predicted octanol–water partition coefficient (Wildman–Crippen LogP) is 2.70. The molecule has 1 rings (SSSR count). The van der Waals surface area contributed by atoms with Crippen LogP contribution in [0.3, 0.4) is 0 Å². The molecule has 5 nitrogen and oxygen atoms in total. The number of nitrogens with zero attached hydrogens (tertiary/aromatic N) is 2. The molecule has 0 bridgehead atoms. The lowest BCUT2D eigenvalue weighted by Crippen LogP contribution is -2.34. The maximum Gasteiger partial charge on any atom is 0.173 e. The van der Waals surface area contributed by atoms with Gasteiger partial charge in [-0.05, 0) is 62.8 Å². The van der Waals surface area contributed by atoms with Gasteiger partial charge < -0.3 is 19.1 Å². The van der Waals surface area contributed by atoms with E-state index in [1.54, 1.807) is 7.11 Å². The quantitative estimate of drug-likeness (QED) is 0.336. The minimum absolute atomic E-state index is 0.457. The Morgan fingerprint density at radius 3 is 2.57 bits per heavy atom. The van der Waals surface area contributed by atoms with Crippen molar-refractivity contribution in [3.8, 4) is 0 Å². The van der Waals surface area contributed by atoms with Gasteiger partial charge in [-0.25, -0.2) is 4.99 Å². The first-order valence-electron chi connectivity index (χ1n) is 6.98. The molecule has 0 aromatic carbocycles. The zero-order valence-corrected chi connectivity index (χ0v) is 14.8. The first kappa shape index (κ1) is 18.4. The van der Waals surface area contributed by atoms with Gasteiger partial charge in [-0.1, -0.05) is 0 Å². The molecule has 0 aromatic rings. The van der Waals surface area contributed by atoms with Gasteiger partial charge in [0.05, 0.1) is 19.5 Å². The summed E-state index contributed by atoms with van der Waals surface area (Å²) in [5.41, 5.74) is 1.05. The molecule has 21 heavy (non-hydrogen) atoms. The molecule has 1 heterocycles. The zero-order chi connectivity index (χ0) is 15.8. The summed E-state index contributed by atoms with van der Waals surface area (Å²) in [5, 5.41) is 0. The Morgan fingerprint density at radius 2 is 2.10 bits per heavy atom. The van der Waals surface area contributed by atoms with Crippen molar-refractivity contribution in [3.05, 3.63) is 23.2 Å². The summed E-state index contributed by atoms with van der Waals surface area (Å²) in [6.45, 7) is 9.98. The molecule has 1 aliphatic heterocycles. The topological polar surface area (TPSA) is 54.3 Å². The molecule has 1 unspecified atom stereocenters. The van der Waals surface area contributed by atoms with Crippen LogP contribution in [0.5, 0.6) is 0 Å². The van der Waals surface area contributed by atoms with E-state index in [1.807, 2.05) is 19.9 Å². The van der Waals surface area contributed by atoms with Crippen molar-refractivity contribution in [1.82, 2.24) is 4.90 Å². The number of ether oxygens (including phenoxy) is 1. The number of aliphatic imine (C=N–C) groups is 1. The average Bonchev–Trinajstić information content (AvgIpc) is 2.46. The highest BCUT2D eigenvalue weighted by molar-refractivity contribution is 8.00. The summed E-state index contributed by atoms with van der Waals surface area (Å²) in [6.07, 6.45) is 3.98. The van der Waals surface area contributed by atoms with E-state index >= 15 is 0 Å². The van der Waals surface area contributed by atoms with Crippen LogP contribution in [0.15, 0.2) is 28.2 Å². The molecule has 120 valence electrons. The fourth-order valence-corrected chi connectivity index (χ4v) is 2.99. The van der Waals surface area contributed by atoms with Crippen LogP contribution < -0.4 is 0 Å². The molecule has 0 radical (unpaired) electrons. The van der Waals surface area contributed by atoms with E-state index < -0.39 is 7.15 Å². The van der Waals surface area contributed by atoms with Gasteiger partial charge in [0.15, 0.2) is 7.15 Å². The Morgan fingerprint density at radius 1 is 1.48 bits per heavy atom. The van der Waals surface area contributed by atoms with Gasteiger partial charge in [0, 0.05) is 13.1 Å². The molecule has 1 saturated heterocycles. The summed E-state index contributed by atoms with van der Waals surface area (Å²) in [5.74, 6) is 2.21. The van der Waals surface area contributed by atoms with Crippen LogP contribution in [-0.4, -0.2) is 43.3 Å². The van der Waals surface area contributed by atoms with Crippen molar-refractivity contribution < 1.29 is 14.2 Å². The Hall–Kier alpha value is -0.680. The van der Waals surface area contributed by atoms with Crippen LogP contribution in [0, 0.1) is 5.92 Å². The van der Waals surface area contributed by atoms with E-state index in [-0.39, 0.29) is 0 Å². The number of allylic oxidation sites excluding steroid dienone is 3. The van der Waals surface area contributed by atoms with Gasteiger partial charge in [0.2, 0.25) is 0 Å². The third-order valence-electron chi connectivity index (χ3n) is 3.60. The van der Waals surface area contributed by atoms with Crippen LogP contribution in [0.25, 0.3) is 0 Å². The van der Waals surface area contributed by atoms with Crippen molar-refractivity contribution in [3.63, 3.8) is 0 Å². The second-order valence-electron chi connectivity index (χ2n) is 5.13. The summed E-state index contributed by atoms with van der Waals surface area (Å²) < 4.78 is 10.4. The normalized spacial score (nSPS) is 20.0. The minimum Gasteiger partial charge on any atom is -0.501 e. The SMILES string of the molecule is C=N/C(=C(C)/C=C(\C)OC)N1CCC(CO[PH](O)=S)CC1. The second-order valence-corrected chi connectivity index (χ2v) is 7.00. The molecule has 1 atom stereocenters. The maximum atomic E-state index is 9.08. The molecule has 0 saturated carbocycles. The highest BCUT2D eigenvalue weighted by atomic mass is 32.4. The van der Waals surface area contributed by atoms with E-state index in [2.05, 4.69) is 16.6 Å². The van der Waals surface area contributed by atoms with Crippen molar-refractivity contribution in [2.24, 2.45) is 10.9 Å². The smallest absolute Gasteiger partial charge is 0.173 e. The molecule has 1 fully saturated rings. The number of likely N-dealkylation sites (tertiary alicyclic amines) is 1. The van der Waals surface area contributed by atoms with E-state index in [4.69, 9.17) is 26.0 Å². The highest BCUT2D eigenvalue weighted by Gasteiger charge is 2.21. The monoisotopic (exact) mass is 332 g/mol. The van der Waals surface area contributed by atoms with Crippen molar-refractivity contribution in [1.29, 1.82) is 0 Å². The summed E-state index contributed by atoms with van der Waals surface area (Å²) >= 11 is 4.69. The highest BCUT2D eigenvalue weighted by Crippen LogP contribution is 2.26. The number of methoxy groups -OCH3 is 1. The third kappa shape index (κ3) is 6.30. The Bertz CT molecular complexity index is 444. The second kappa shape index (κ2) is 9.36. The summed E-state index contributed by atoms with van der Waals surface area (Å²) in [4.78, 5) is 15.5. The molecular formula is C14H25N2O3PS. The Kier molecular flexibility index (Phi) is 8.19. The minimum atomic E-state index is -1.99. The van der Waals surface area contributed by atoms with E-state index in [9.17, 15) is 0 Å². The van der Waals surface area contributed by atoms with Crippen molar-refractivity contribution >= 4 is 25.7 Å². The van der Waals surface area contributed by atoms with Crippen molar-refractivity contribution in [2.75, 3.05) is 26.8 Å². The molecule has 7 heteroatoms. The first-order chi connectivity index (χ1) is 9.97. The van der Waals surface area contributed by atoms with Crippen LogP contribution in [0.2, 0.25) is 0 Å². The standard InChI is InChI=1S/C14H25N2O3PS/c1-11(9-12(2)18-4)14(15-3)16-7-5-13(6-8-16)10-19-20(17)21/h9,13,20H,3,5-8,10H2,1-2,4H3,(H,17,21)/b12-9+,14-11-. The van der Waals surface area contributed by atoms with Gasteiger partial charge in [-0.15, -0.1) is 0 Å². The summed E-state index contributed by atoms with van der Waals surface area (Å²) in [7, 11) is -0.332. The lowest BCUT2D eigenvalue weighted by Gasteiger charge is -2.34. The third-order valence-corrected chi connectivity index (χ3v) is 4.37. The lowest BCUT2D eigenvalue weighted by molar-refractivity contribution is 0.166. The largest absolute Gasteiger partial charge is 0.501 e.